The van der Waals surface area contributed by atoms with Crippen LogP contribution in [0.4, 0.5) is 0 Å². The summed E-state index contributed by atoms with van der Waals surface area (Å²) in [7, 11) is 0. The molecule has 0 heterocycles. The van der Waals surface area contributed by atoms with Crippen LogP contribution < -0.4 is 5.32 Å². The highest BCUT2D eigenvalue weighted by Crippen LogP contribution is 2.17. The molecular weight excluding hydrogens is 574 g/mol. The maximum atomic E-state index is 12.4. The number of unbranched alkanes of at least 4 members (excludes halogenated alkanes) is 25. The molecule has 6 nitrogen and oxygen atoms in total. The quantitative estimate of drug-likeness (QED) is 0.0432. The third-order valence-electron chi connectivity index (χ3n) is 9.75. The van der Waals surface area contributed by atoms with Crippen molar-refractivity contribution < 1.29 is 25.2 Å². The Morgan fingerprint density at radius 1 is 0.500 bits per heavy atom. The van der Waals surface area contributed by atoms with E-state index in [0.29, 0.717) is 12.8 Å². The summed E-state index contributed by atoms with van der Waals surface area (Å²) >= 11 is 0. The first-order valence-corrected chi connectivity index (χ1v) is 20.3. The Balaban J connectivity index is 3.66. The summed E-state index contributed by atoms with van der Waals surface area (Å²) in [5, 5.41) is 43.4. The molecule has 5 N–H and O–H groups in total. The zero-order valence-electron chi connectivity index (χ0n) is 31.0. The molecule has 6 heteroatoms. The van der Waals surface area contributed by atoms with Gasteiger partial charge in [-0.25, -0.2) is 0 Å². The van der Waals surface area contributed by atoms with Gasteiger partial charge in [-0.1, -0.05) is 201 Å². The molecule has 0 aromatic carbocycles. The van der Waals surface area contributed by atoms with Crippen molar-refractivity contribution in [3.8, 4) is 0 Å². The summed E-state index contributed by atoms with van der Waals surface area (Å²) in [6.45, 7) is 6.38. The molecule has 0 saturated carbocycles. The van der Waals surface area contributed by atoms with Gasteiger partial charge in [0.25, 0.3) is 0 Å². The van der Waals surface area contributed by atoms with E-state index in [-0.39, 0.29) is 0 Å². The fraction of sp³-hybridized carbons (Fsp3) is 0.975. The molecule has 276 valence electrons. The van der Waals surface area contributed by atoms with E-state index < -0.39 is 36.9 Å². The number of aliphatic hydroxyl groups is 4. The van der Waals surface area contributed by atoms with Gasteiger partial charge in [-0.2, -0.15) is 0 Å². The Morgan fingerprint density at radius 3 is 1.17 bits per heavy atom. The molecular formula is C40H81NO5. The Bertz CT molecular complexity index is 631. The second kappa shape index (κ2) is 34.2. The predicted octanol–water partition coefficient (Wildman–Crippen LogP) is 9.93. The van der Waals surface area contributed by atoms with E-state index in [4.69, 9.17) is 0 Å². The van der Waals surface area contributed by atoms with Gasteiger partial charge in [0.05, 0.1) is 18.8 Å². The van der Waals surface area contributed by atoms with E-state index in [2.05, 4.69) is 26.1 Å². The molecule has 0 aliphatic heterocycles. The van der Waals surface area contributed by atoms with Gasteiger partial charge in [0, 0.05) is 0 Å². The molecule has 0 aromatic rings. The van der Waals surface area contributed by atoms with Crippen molar-refractivity contribution in [2.24, 2.45) is 5.92 Å². The largest absolute Gasteiger partial charge is 0.394 e. The number of aliphatic hydroxyl groups excluding tert-OH is 4. The van der Waals surface area contributed by atoms with E-state index in [0.717, 1.165) is 44.4 Å². The Morgan fingerprint density at radius 2 is 0.826 bits per heavy atom. The van der Waals surface area contributed by atoms with Crippen LogP contribution >= 0.6 is 0 Å². The molecule has 0 aliphatic rings. The van der Waals surface area contributed by atoms with E-state index in [1.807, 2.05) is 0 Å². The topological polar surface area (TPSA) is 110 Å². The predicted molar refractivity (Wildman–Crippen MR) is 196 cm³/mol. The first kappa shape index (κ1) is 45.3. The second-order valence-electron chi connectivity index (χ2n) is 14.8. The average molecular weight is 656 g/mol. The molecule has 0 aromatic heterocycles. The normalized spacial score (nSPS) is 14.4. The van der Waals surface area contributed by atoms with E-state index in [1.165, 1.54) is 141 Å². The first-order chi connectivity index (χ1) is 22.3. The van der Waals surface area contributed by atoms with Crippen molar-refractivity contribution in [1.29, 1.82) is 0 Å². The maximum Gasteiger partial charge on any atom is 0.249 e. The van der Waals surface area contributed by atoms with Crippen LogP contribution in [0, 0.1) is 5.92 Å². The maximum absolute atomic E-state index is 12.4. The molecule has 4 atom stereocenters. The summed E-state index contributed by atoms with van der Waals surface area (Å²) < 4.78 is 0. The number of amides is 1. The van der Waals surface area contributed by atoms with Crippen LogP contribution in [0.1, 0.15) is 213 Å². The third-order valence-corrected chi connectivity index (χ3v) is 9.75. The van der Waals surface area contributed by atoms with E-state index in [1.54, 1.807) is 0 Å². The zero-order valence-corrected chi connectivity index (χ0v) is 31.0. The van der Waals surface area contributed by atoms with Crippen molar-refractivity contribution in [2.45, 2.75) is 238 Å². The summed E-state index contributed by atoms with van der Waals surface area (Å²) in [4.78, 5) is 12.4. The van der Waals surface area contributed by atoms with Crippen LogP contribution in [-0.2, 0) is 4.79 Å². The summed E-state index contributed by atoms with van der Waals surface area (Å²) in [6.07, 6.45) is 32.8. The molecule has 0 saturated heterocycles. The van der Waals surface area contributed by atoms with Crippen LogP contribution in [0.3, 0.4) is 0 Å². The lowest BCUT2D eigenvalue weighted by atomic mass is 9.99. The number of hydrogen-bond donors (Lipinski definition) is 5. The van der Waals surface area contributed by atoms with Crippen molar-refractivity contribution in [2.75, 3.05) is 6.61 Å². The van der Waals surface area contributed by atoms with Crippen molar-refractivity contribution >= 4 is 5.91 Å². The van der Waals surface area contributed by atoms with Gasteiger partial charge >= 0.3 is 0 Å². The second-order valence-corrected chi connectivity index (χ2v) is 14.8. The number of rotatable bonds is 36. The van der Waals surface area contributed by atoms with Crippen molar-refractivity contribution in [1.82, 2.24) is 5.32 Å². The monoisotopic (exact) mass is 656 g/mol. The molecule has 0 radical (unpaired) electrons. The zero-order chi connectivity index (χ0) is 34.1. The lowest BCUT2D eigenvalue weighted by Crippen LogP contribution is -2.53. The van der Waals surface area contributed by atoms with E-state index >= 15 is 0 Å². The van der Waals surface area contributed by atoms with Crippen LogP contribution in [-0.4, -0.2) is 57.3 Å². The molecule has 46 heavy (non-hydrogen) atoms. The fourth-order valence-corrected chi connectivity index (χ4v) is 6.47. The molecule has 0 aliphatic carbocycles. The Kier molecular flexibility index (Phi) is 33.7. The Hall–Kier alpha value is -0.690. The van der Waals surface area contributed by atoms with Gasteiger partial charge in [-0.3, -0.25) is 4.79 Å². The first-order valence-electron chi connectivity index (χ1n) is 20.3. The molecule has 3 unspecified atom stereocenters. The summed E-state index contributed by atoms with van der Waals surface area (Å²) in [5.74, 6) is 0.275. The van der Waals surface area contributed by atoms with Gasteiger partial charge in [-0.05, 0) is 18.8 Å². The molecule has 0 bridgehead atoms. The molecule has 0 spiro atoms. The number of hydrogen-bond acceptors (Lipinski definition) is 5. The molecule has 0 fully saturated rings. The minimum Gasteiger partial charge on any atom is -0.394 e. The highest BCUT2D eigenvalue weighted by molar-refractivity contribution is 5.80. The summed E-state index contributed by atoms with van der Waals surface area (Å²) in [6, 6.07) is -0.977. The SMILES string of the molecule is CCCCCCCCCCCC(O)C(O)C(CO)NC(=O)[C@H](O)CCCCCCCCCCCCCCCCCCCCC(C)C. The van der Waals surface area contributed by atoms with Crippen molar-refractivity contribution in [3.63, 3.8) is 0 Å². The molecule has 1 amide bonds. The smallest absolute Gasteiger partial charge is 0.249 e. The van der Waals surface area contributed by atoms with Crippen molar-refractivity contribution in [3.05, 3.63) is 0 Å². The fourth-order valence-electron chi connectivity index (χ4n) is 6.47. The van der Waals surface area contributed by atoms with Gasteiger partial charge in [0.2, 0.25) is 5.91 Å². The minimum absolute atomic E-state index is 0.374. The lowest BCUT2D eigenvalue weighted by molar-refractivity contribution is -0.132. The number of carbonyl (C=O) groups excluding carboxylic acids is 1. The molecule has 0 rings (SSSR count). The Labute approximate surface area is 286 Å². The standard InChI is InChI=1S/C40H81NO5/c1-4-5-6-7-8-19-23-26-29-32-37(43)39(45)36(34-42)41-40(46)38(44)33-30-27-24-21-18-16-14-12-10-9-11-13-15-17-20-22-25-28-31-35(2)3/h35-39,42-45H,4-34H2,1-3H3,(H,41,46)/t36?,37?,38-,39?/m1/s1. The lowest BCUT2D eigenvalue weighted by Gasteiger charge is -2.27. The third kappa shape index (κ3) is 29.4. The van der Waals surface area contributed by atoms with Gasteiger partial charge in [0.1, 0.15) is 12.2 Å². The van der Waals surface area contributed by atoms with Crippen LogP contribution in [0.15, 0.2) is 0 Å². The van der Waals surface area contributed by atoms with Crippen LogP contribution in [0.5, 0.6) is 0 Å². The van der Waals surface area contributed by atoms with Crippen LogP contribution in [0.25, 0.3) is 0 Å². The van der Waals surface area contributed by atoms with E-state index in [9.17, 15) is 25.2 Å². The minimum atomic E-state index is -1.25. The number of nitrogens with one attached hydrogen (secondary N) is 1. The van der Waals surface area contributed by atoms with Crippen LogP contribution in [0.2, 0.25) is 0 Å². The summed E-state index contributed by atoms with van der Waals surface area (Å²) in [5.41, 5.74) is 0. The van der Waals surface area contributed by atoms with Gasteiger partial charge in [-0.15, -0.1) is 0 Å². The number of carbonyl (C=O) groups is 1. The average Bonchev–Trinajstić information content (AvgIpc) is 3.04. The van der Waals surface area contributed by atoms with Gasteiger partial charge < -0.3 is 25.7 Å². The highest BCUT2D eigenvalue weighted by atomic mass is 16.3. The van der Waals surface area contributed by atoms with Gasteiger partial charge in [0.15, 0.2) is 0 Å². The highest BCUT2D eigenvalue weighted by Gasteiger charge is 2.28.